The highest BCUT2D eigenvalue weighted by molar-refractivity contribution is 8.03. The van der Waals surface area contributed by atoms with Crippen LogP contribution >= 0.6 is 34.9 Å². The number of non-ortho nitro benzene ring substituents is 1. The third-order valence-electron chi connectivity index (χ3n) is 2.17. The number of hydrogen-bond donors (Lipinski definition) is 1. The van der Waals surface area contributed by atoms with Crippen LogP contribution in [0.4, 0.5) is 5.69 Å². The molecule has 1 aromatic heterocycles. The van der Waals surface area contributed by atoms with Gasteiger partial charge < -0.3 is 5.11 Å². The van der Waals surface area contributed by atoms with Gasteiger partial charge in [-0.1, -0.05) is 34.9 Å². The molecule has 1 aromatic carbocycles. The molecule has 0 atom stereocenters. The average molecular weight is 329 g/mol. The highest BCUT2D eigenvalue weighted by Gasteiger charge is 2.18. The van der Waals surface area contributed by atoms with Gasteiger partial charge in [-0.15, -0.1) is 10.2 Å². The Hall–Kier alpha value is -1.65. The molecule has 0 fully saturated rings. The molecule has 0 saturated carbocycles. The Morgan fingerprint density at radius 3 is 2.65 bits per heavy atom. The number of nitro benzene ring substituents is 1. The summed E-state index contributed by atoms with van der Waals surface area (Å²) in [5.74, 6) is -1.14. The van der Waals surface area contributed by atoms with Gasteiger partial charge in [0.25, 0.3) is 5.69 Å². The smallest absolute Gasteiger partial charge is 0.336 e. The maximum Gasteiger partial charge on any atom is 0.336 e. The summed E-state index contributed by atoms with van der Waals surface area (Å²) < 4.78 is 1.28. The summed E-state index contributed by atoms with van der Waals surface area (Å²) in [5.41, 5.74) is -0.159. The standard InChI is InChI=1S/C10H7N3O4S3/c1-18-9-11-12-10(20-9)19-7-4-5(13(16)17)2-3-6(7)8(14)15/h2-4H,1H3,(H,14,15). The molecule has 7 nitrogen and oxygen atoms in total. The third-order valence-corrected chi connectivity index (χ3v) is 5.17. The summed E-state index contributed by atoms with van der Waals surface area (Å²) >= 11 is 3.79. The molecule has 104 valence electrons. The zero-order valence-electron chi connectivity index (χ0n) is 9.97. The van der Waals surface area contributed by atoms with Crippen molar-refractivity contribution in [2.75, 3.05) is 6.26 Å². The number of aromatic carboxylic acids is 1. The minimum atomic E-state index is -1.14. The lowest BCUT2D eigenvalue weighted by atomic mass is 10.2. The lowest BCUT2D eigenvalue weighted by Gasteiger charge is -2.02. The molecule has 20 heavy (non-hydrogen) atoms. The van der Waals surface area contributed by atoms with Crippen LogP contribution in [0.15, 0.2) is 31.8 Å². The van der Waals surface area contributed by atoms with Crippen molar-refractivity contribution >= 4 is 46.5 Å². The van der Waals surface area contributed by atoms with E-state index in [1.807, 2.05) is 6.26 Å². The molecular formula is C10H7N3O4S3. The van der Waals surface area contributed by atoms with E-state index in [0.29, 0.717) is 4.34 Å². The molecule has 0 amide bonds. The van der Waals surface area contributed by atoms with Crippen molar-refractivity contribution in [3.63, 3.8) is 0 Å². The fraction of sp³-hybridized carbons (Fsp3) is 0.100. The molecule has 0 unspecified atom stereocenters. The predicted octanol–water partition coefficient (Wildman–Crippen LogP) is 3.02. The van der Waals surface area contributed by atoms with Gasteiger partial charge in [0.15, 0.2) is 8.68 Å². The van der Waals surface area contributed by atoms with E-state index < -0.39 is 10.9 Å². The van der Waals surface area contributed by atoms with Gasteiger partial charge in [-0.05, 0) is 12.3 Å². The molecule has 0 radical (unpaired) electrons. The number of benzene rings is 1. The second-order valence-corrected chi connectivity index (χ2v) is 6.70. The number of carbonyl (C=O) groups is 1. The van der Waals surface area contributed by atoms with E-state index in [0.717, 1.165) is 16.1 Å². The van der Waals surface area contributed by atoms with Crippen LogP contribution in [0.1, 0.15) is 10.4 Å². The summed E-state index contributed by atoms with van der Waals surface area (Å²) in [7, 11) is 0. The van der Waals surface area contributed by atoms with Crippen LogP contribution in [-0.2, 0) is 0 Å². The predicted molar refractivity (Wildman–Crippen MR) is 75.9 cm³/mol. The van der Waals surface area contributed by atoms with Crippen LogP contribution in [0, 0.1) is 10.1 Å². The van der Waals surface area contributed by atoms with E-state index in [-0.39, 0.29) is 16.1 Å². The minimum absolute atomic E-state index is 0.00139. The van der Waals surface area contributed by atoms with Gasteiger partial charge in [0.1, 0.15) is 0 Å². The first-order valence-corrected chi connectivity index (χ1v) is 7.94. The molecule has 0 aliphatic heterocycles. The van der Waals surface area contributed by atoms with Crippen LogP contribution in [0.3, 0.4) is 0 Å². The van der Waals surface area contributed by atoms with Crippen LogP contribution in [-0.4, -0.2) is 32.5 Å². The van der Waals surface area contributed by atoms with E-state index in [9.17, 15) is 14.9 Å². The summed E-state index contributed by atoms with van der Waals surface area (Å²) in [6.07, 6.45) is 1.85. The van der Waals surface area contributed by atoms with Gasteiger partial charge in [-0.25, -0.2) is 4.79 Å². The second kappa shape index (κ2) is 6.20. The van der Waals surface area contributed by atoms with Crippen LogP contribution in [0.2, 0.25) is 0 Å². The molecular weight excluding hydrogens is 322 g/mol. The number of nitrogens with zero attached hydrogens (tertiary/aromatic N) is 3. The van der Waals surface area contributed by atoms with Gasteiger partial charge in [-0.3, -0.25) is 10.1 Å². The maximum absolute atomic E-state index is 11.1. The first kappa shape index (κ1) is 14.8. The molecule has 2 rings (SSSR count). The van der Waals surface area contributed by atoms with E-state index in [2.05, 4.69) is 10.2 Å². The number of carboxylic acids is 1. The summed E-state index contributed by atoms with van der Waals surface area (Å²) in [5, 5.41) is 27.7. The number of thioether (sulfide) groups is 1. The molecule has 0 saturated heterocycles. The molecule has 0 spiro atoms. The molecule has 0 aliphatic carbocycles. The number of carboxylic acid groups (broad SMARTS) is 1. The van der Waals surface area contributed by atoms with Crippen molar-refractivity contribution in [3.8, 4) is 0 Å². The first-order valence-electron chi connectivity index (χ1n) is 5.08. The van der Waals surface area contributed by atoms with Crippen molar-refractivity contribution in [2.24, 2.45) is 0 Å². The average Bonchev–Trinajstić information content (AvgIpc) is 2.86. The topological polar surface area (TPSA) is 106 Å². The quantitative estimate of drug-likeness (QED) is 0.507. The molecule has 2 aromatic rings. The van der Waals surface area contributed by atoms with Crippen molar-refractivity contribution in [1.82, 2.24) is 10.2 Å². The number of hydrogen-bond acceptors (Lipinski definition) is 8. The second-order valence-electron chi connectivity index (χ2n) is 3.38. The van der Waals surface area contributed by atoms with E-state index in [4.69, 9.17) is 5.11 Å². The Balaban J connectivity index is 2.39. The number of rotatable bonds is 5. The number of aromatic nitrogens is 2. The van der Waals surface area contributed by atoms with Gasteiger partial charge in [0, 0.05) is 17.0 Å². The maximum atomic E-state index is 11.1. The molecule has 10 heteroatoms. The van der Waals surface area contributed by atoms with Gasteiger partial charge >= 0.3 is 5.97 Å². The van der Waals surface area contributed by atoms with E-state index >= 15 is 0 Å². The fourth-order valence-corrected chi connectivity index (χ4v) is 3.85. The SMILES string of the molecule is CSc1nnc(Sc2cc([N+](=O)[O-])ccc2C(=O)O)s1. The van der Waals surface area contributed by atoms with E-state index in [1.165, 1.54) is 41.3 Å². The van der Waals surface area contributed by atoms with Crippen LogP contribution in [0.25, 0.3) is 0 Å². The molecule has 1 N–H and O–H groups in total. The Labute approximate surface area is 125 Å². The highest BCUT2D eigenvalue weighted by Crippen LogP contribution is 2.36. The minimum Gasteiger partial charge on any atom is -0.478 e. The Morgan fingerprint density at radius 1 is 1.40 bits per heavy atom. The van der Waals surface area contributed by atoms with Gasteiger partial charge in [0.05, 0.1) is 10.5 Å². The van der Waals surface area contributed by atoms with Crippen LogP contribution in [0.5, 0.6) is 0 Å². The summed E-state index contributed by atoms with van der Waals surface area (Å²) in [6.45, 7) is 0. The highest BCUT2D eigenvalue weighted by atomic mass is 32.2. The van der Waals surface area contributed by atoms with Crippen molar-refractivity contribution < 1.29 is 14.8 Å². The summed E-state index contributed by atoms with van der Waals surface area (Å²) in [4.78, 5) is 21.6. The van der Waals surface area contributed by atoms with E-state index in [1.54, 1.807) is 0 Å². The lowest BCUT2D eigenvalue weighted by Crippen LogP contribution is -2.00. The molecule has 0 bridgehead atoms. The Kier molecular flexibility index (Phi) is 4.57. The van der Waals surface area contributed by atoms with Crippen molar-refractivity contribution in [2.45, 2.75) is 13.6 Å². The zero-order valence-corrected chi connectivity index (χ0v) is 12.4. The monoisotopic (exact) mass is 329 g/mol. The third kappa shape index (κ3) is 3.26. The molecule has 0 aliphatic rings. The van der Waals surface area contributed by atoms with Gasteiger partial charge in [0.2, 0.25) is 0 Å². The first-order chi connectivity index (χ1) is 9.51. The summed E-state index contributed by atoms with van der Waals surface area (Å²) in [6, 6.07) is 3.62. The van der Waals surface area contributed by atoms with Crippen molar-refractivity contribution in [3.05, 3.63) is 33.9 Å². The Morgan fingerprint density at radius 2 is 2.10 bits per heavy atom. The zero-order chi connectivity index (χ0) is 14.7. The Bertz CT molecular complexity index is 674. The largest absolute Gasteiger partial charge is 0.478 e. The number of nitro groups is 1. The molecule has 1 heterocycles. The lowest BCUT2D eigenvalue weighted by molar-refractivity contribution is -0.385. The fourth-order valence-electron chi connectivity index (χ4n) is 1.30. The van der Waals surface area contributed by atoms with Crippen molar-refractivity contribution in [1.29, 1.82) is 0 Å². The van der Waals surface area contributed by atoms with Crippen LogP contribution < -0.4 is 0 Å². The van der Waals surface area contributed by atoms with Gasteiger partial charge in [-0.2, -0.15) is 0 Å². The normalized spacial score (nSPS) is 10.4.